The number of nitrogens with one attached hydrogen (secondary N) is 1. The third kappa shape index (κ3) is 3.06. The van der Waals surface area contributed by atoms with Gasteiger partial charge in [-0.3, -0.25) is 0 Å². The van der Waals surface area contributed by atoms with Crippen LogP contribution in [0, 0.1) is 13.8 Å². The maximum Gasteiger partial charge on any atom is 0.182 e. The predicted octanol–water partition coefficient (Wildman–Crippen LogP) is 0.863. The molecule has 5 nitrogen and oxygen atoms in total. The third-order valence-electron chi connectivity index (χ3n) is 2.02. The topological polar surface area (TPSA) is 73.1 Å². The summed E-state index contributed by atoms with van der Waals surface area (Å²) in [5, 5.41) is 3.19. The summed E-state index contributed by atoms with van der Waals surface area (Å²) in [5.74, 6) is 2.19. The van der Waals surface area contributed by atoms with Gasteiger partial charge in [-0.25, -0.2) is 9.97 Å². The summed E-state index contributed by atoms with van der Waals surface area (Å²) in [4.78, 5) is 8.52. The SMILES string of the molecule is COc1c(C)nc(C)nc1NCCCN. The van der Waals surface area contributed by atoms with Crippen LogP contribution in [0.4, 0.5) is 5.82 Å². The molecule has 0 aliphatic rings. The molecule has 0 unspecified atom stereocenters. The maximum absolute atomic E-state index is 5.42. The fourth-order valence-corrected chi connectivity index (χ4v) is 1.38. The number of ether oxygens (including phenoxy) is 1. The highest BCUT2D eigenvalue weighted by Gasteiger charge is 2.09. The normalized spacial score (nSPS) is 10.1. The van der Waals surface area contributed by atoms with Crippen LogP contribution in [0.5, 0.6) is 5.75 Å². The summed E-state index contributed by atoms with van der Waals surface area (Å²) in [6.07, 6.45) is 0.908. The van der Waals surface area contributed by atoms with Gasteiger partial charge in [0.2, 0.25) is 0 Å². The Kier molecular flexibility index (Phi) is 4.30. The van der Waals surface area contributed by atoms with E-state index in [4.69, 9.17) is 10.5 Å². The molecule has 0 saturated carbocycles. The lowest BCUT2D eigenvalue weighted by atomic mass is 10.3. The zero-order valence-electron chi connectivity index (χ0n) is 9.50. The van der Waals surface area contributed by atoms with Crippen LogP contribution in [-0.2, 0) is 0 Å². The second-order valence-corrected chi connectivity index (χ2v) is 3.31. The number of anilines is 1. The van der Waals surface area contributed by atoms with Gasteiger partial charge in [-0.1, -0.05) is 0 Å². The second-order valence-electron chi connectivity index (χ2n) is 3.31. The van der Waals surface area contributed by atoms with Crippen molar-refractivity contribution in [3.05, 3.63) is 11.5 Å². The highest BCUT2D eigenvalue weighted by Crippen LogP contribution is 2.24. The van der Waals surface area contributed by atoms with Gasteiger partial charge in [0.1, 0.15) is 5.82 Å². The van der Waals surface area contributed by atoms with E-state index in [1.165, 1.54) is 0 Å². The lowest BCUT2D eigenvalue weighted by molar-refractivity contribution is 0.408. The lowest BCUT2D eigenvalue weighted by Gasteiger charge is -2.12. The molecule has 0 radical (unpaired) electrons. The Bertz CT molecular complexity index is 327. The molecule has 0 fully saturated rings. The first-order valence-electron chi connectivity index (χ1n) is 5.02. The van der Waals surface area contributed by atoms with E-state index in [0.29, 0.717) is 12.3 Å². The van der Waals surface area contributed by atoms with Crippen molar-refractivity contribution in [3.63, 3.8) is 0 Å². The van der Waals surface area contributed by atoms with Crippen molar-refractivity contribution in [2.24, 2.45) is 5.73 Å². The number of aryl methyl sites for hydroxylation is 2. The molecule has 0 amide bonds. The van der Waals surface area contributed by atoms with Gasteiger partial charge in [0.05, 0.1) is 12.8 Å². The molecule has 1 heterocycles. The summed E-state index contributed by atoms with van der Waals surface area (Å²) in [6.45, 7) is 5.23. The molecular formula is C10H18N4O. The van der Waals surface area contributed by atoms with Gasteiger partial charge in [0, 0.05) is 6.54 Å². The number of nitrogens with zero attached hydrogens (tertiary/aromatic N) is 2. The summed E-state index contributed by atoms with van der Waals surface area (Å²) >= 11 is 0. The van der Waals surface area contributed by atoms with E-state index in [-0.39, 0.29) is 0 Å². The first kappa shape index (κ1) is 11.7. The molecule has 0 spiro atoms. The van der Waals surface area contributed by atoms with Crippen LogP contribution in [0.1, 0.15) is 17.9 Å². The van der Waals surface area contributed by atoms with Crippen LogP contribution in [-0.4, -0.2) is 30.2 Å². The lowest BCUT2D eigenvalue weighted by Crippen LogP contribution is -2.11. The second kappa shape index (κ2) is 5.50. The van der Waals surface area contributed by atoms with Crippen molar-refractivity contribution < 1.29 is 4.74 Å². The van der Waals surface area contributed by atoms with E-state index in [9.17, 15) is 0 Å². The molecule has 1 aromatic rings. The van der Waals surface area contributed by atoms with Gasteiger partial charge in [-0.15, -0.1) is 0 Å². The van der Waals surface area contributed by atoms with Gasteiger partial charge in [-0.05, 0) is 26.8 Å². The van der Waals surface area contributed by atoms with E-state index in [1.54, 1.807) is 7.11 Å². The Morgan fingerprint density at radius 1 is 1.33 bits per heavy atom. The summed E-state index contributed by atoms with van der Waals surface area (Å²) in [5.41, 5.74) is 6.27. The van der Waals surface area contributed by atoms with Crippen LogP contribution in [0.15, 0.2) is 0 Å². The molecule has 1 aromatic heterocycles. The molecule has 0 aliphatic heterocycles. The van der Waals surface area contributed by atoms with Gasteiger partial charge < -0.3 is 15.8 Å². The quantitative estimate of drug-likeness (QED) is 0.705. The van der Waals surface area contributed by atoms with Crippen molar-refractivity contribution in [1.82, 2.24) is 9.97 Å². The summed E-state index contributed by atoms with van der Waals surface area (Å²) < 4.78 is 5.24. The Hall–Kier alpha value is -1.36. The largest absolute Gasteiger partial charge is 0.491 e. The number of hydrogen-bond acceptors (Lipinski definition) is 5. The van der Waals surface area contributed by atoms with Crippen molar-refractivity contribution >= 4 is 5.82 Å². The third-order valence-corrected chi connectivity index (χ3v) is 2.02. The first-order valence-corrected chi connectivity index (χ1v) is 5.02. The Balaban J connectivity index is 2.84. The number of rotatable bonds is 5. The predicted molar refractivity (Wildman–Crippen MR) is 60.2 cm³/mol. The van der Waals surface area contributed by atoms with Gasteiger partial charge >= 0.3 is 0 Å². The fourth-order valence-electron chi connectivity index (χ4n) is 1.38. The van der Waals surface area contributed by atoms with Crippen LogP contribution in [0.25, 0.3) is 0 Å². The molecule has 5 heteroatoms. The van der Waals surface area contributed by atoms with Crippen LogP contribution >= 0.6 is 0 Å². The van der Waals surface area contributed by atoms with E-state index in [2.05, 4.69) is 15.3 Å². The maximum atomic E-state index is 5.42. The molecule has 1 rings (SSSR count). The molecular weight excluding hydrogens is 192 g/mol. The smallest absolute Gasteiger partial charge is 0.182 e. The van der Waals surface area contributed by atoms with Gasteiger partial charge in [0.15, 0.2) is 11.6 Å². The number of nitrogens with two attached hydrogens (primary N) is 1. The average Bonchev–Trinajstić information content (AvgIpc) is 2.17. The minimum absolute atomic E-state index is 0.665. The molecule has 0 aromatic carbocycles. The van der Waals surface area contributed by atoms with Gasteiger partial charge in [-0.2, -0.15) is 0 Å². The highest BCUT2D eigenvalue weighted by molar-refractivity contribution is 5.52. The number of aromatic nitrogens is 2. The average molecular weight is 210 g/mol. The van der Waals surface area contributed by atoms with E-state index in [1.807, 2.05) is 13.8 Å². The van der Waals surface area contributed by atoms with Crippen molar-refractivity contribution in [2.45, 2.75) is 20.3 Å². The highest BCUT2D eigenvalue weighted by atomic mass is 16.5. The number of hydrogen-bond donors (Lipinski definition) is 2. The minimum Gasteiger partial charge on any atom is -0.491 e. The van der Waals surface area contributed by atoms with Crippen LogP contribution < -0.4 is 15.8 Å². The van der Waals surface area contributed by atoms with Crippen molar-refractivity contribution in [2.75, 3.05) is 25.5 Å². The van der Waals surface area contributed by atoms with E-state index < -0.39 is 0 Å². The van der Waals surface area contributed by atoms with Gasteiger partial charge in [0.25, 0.3) is 0 Å². The number of methoxy groups -OCH3 is 1. The Morgan fingerprint density at radius 2 is 2.07 bits per heavy atom. The fraction of sp³-hybridized carbons (Fsp3) is 0.600. The molecule has 0 aliphatic carbocycles. The van der Waals surface area contributed by atoms with Crippen LogP contribution in [0.3, 0.4) is 0 Å². The monoisotopic (exact) mass is 210 g/mol. The molecule has 3 N–H and O–H groups in total. The van der Waals surface area contributed by atoms with Crippen molar-refractivity contribution in [3.8, 4) is 5.75 Å². The summed E-state index contributed by atoms with van der Waals surface area (Å²) in [7, 11) is 1.62. The summed E-state index contributed by atoms with van der Waals surface area (Å²) in [6, 6.07) is 0. The van der Waals surface area contributed by atoms with Crippen molar-refractivity contribution in [1.29, 1.82) is 0 Å². The van der Waals surface area contributed by atoms with Crippen LogP contribution in [0.2, 0.25) is 0 Å². The standard InChI is InChI=1S/C10H18N4O/c1-7-9(15-3)10(12-6-4-5-11)14-8(2)13-7/h4-6,11H2,1-3H3,(H,12,13,14). The Labute approximate surface area is 90.1 Å². The minimum atomic E-state index is 0.665. The molecule has 0 saturated heterocycles. The Morgan fingerprint density at radius 3 is 2.67 bits per heavy atom. The first-order chi connectivity index (χ1) is 7.19. The molecule has 0 bridgehead atoms. The van der Waals surface area contributed by atoms with E-state index >= 15 is 0 Å². The molecule has 84 valence electrons. The molecule has 0 atom stereocenters. The molecule has 15 heavy (non-hydrogen) atoms. The van der Waals surface area contributed by atoms with E-state index in [0.717, 1.165) is 30.3 Å². The zero-order chi connectivity index (χ0) is 11.3. The zero-order valence-corrected chi connectivity index (χ0v) is 9.50.